The monoisotopic (exact) mass is 399 g/mol. The van der Waals surface area contributed by atoms with Crippen LogP contribution in [0.15, 0.2) is 47.6 Å². The van der Waals surface area contributed by atoms with Gasteiger partial charge in [0.1, 0.15) is 0 Å². The van der Waals surface area contributed by atoms with Crippen molar-refractivity contribution >= 4 is 23.4 Å². The number of amides is 1. The van der Waals surface area contributed by atoms with E-state index in [0.29, 0.717) is 22.3 Å². The van der Waals surface area contributed by atoms with Crippen molar-refractivity contribution in [2.75, 3.05) is 25.3 Å². The number of carbonyl (C=O) groups is 1. The molecule has 0 atom stereocenters. The summed E-state index contributed by atoms with van der Waals surface area (Å²) in [6, 6.07) is 13.1. The molecular formula is C19H21N5O3S. The van der Waals surface area contributed by atoms with Crippen LogP contribution in [0.2, 0.25) is 0 Å². The Hall–Kier alpha value is -3.07. The molecule has 0 radical (unpaired) electrons. The summed E-state index contributed by atoms with van der Waals surface area (Å²) >= 11 is 1.26. The molecule has 0 bridgehead atoms. The molecule has 146 valence electrons. The fraction of sp³-hybridized carbons (Fsp3) is 0.263. The molecule has 1 heterocycles. The van der Waals surface area contributed by atoms with Gasteiger partial charge >= 0.3 is 0 Å². The van der Waals surface area contributed by atoms with E-state index in [1.807, 2.05) is 30.3 Å². The van der Waals surface area contributed by atoms with Gasteiger partial charge in [-0.15, -0.1) is 5.10 Å². The Morgan fingerprint density at radius 3 is 2.68 bits per heavy atom. The van der Waals surface area contributed by atoms with Crippen LogP contribution >= 0.6 is 11.8 Å². The van der Waals surface area contributed by atoms with Crippen LogP contribution in [0.4, 0.5) is 5.69 Å². The molecule has 8 nitrogen and oxygen atoms in total. The molecule has 3 rings (SSSR count). The zero-order valence-electron chi connectivity index (χ0n) is 15.9. The highest BCUT2D eigenvalue weighted by Crippen LogP contribution is 2.30. The summed E-state index contributed by atoms with van der Waals surface area (Å²) in [5, 5.41) is 15.2. The summed E-state index contributed by atoms with van der Waals surface area (Å²) in [7, 11) is 3.14. The van der Waals surface area contributed by atoms with Gasteiger partial charge in [0.25, 0.3) is 0 Å². The number of aromatic nitrogens is 4. The van der Waals surface area contributed by atoms with E-state index in [9.17, 15) is 4.79 Å². The predicted molar refractivity (Wildman–Crippen MR) is 107 cm³/mol. The molecule has 0 aliphatic carbocycles. The van der Waals surface area contributed by atoms with Crippen molar-refractivity contribution in [2.24, 2.45) is 0 Å². The number of benzene rings is 2. The Morgan fingerprint density at radius 1 is 1.14 bits per heavy atom. The first kappa shape index (κ1) is 19.7. The molecule has 0 fully saturated rings. The summed E-state index contributed by atoms with van der Waals surface area (Å²) in [5.74, 6) is 1.25. The van der Waals surface area contributed by atoms with E-state index < -0.39 is 0 Å². The Kier molecular flexibility index (Phi) is 6.49. The van der Waals surface area contributed by atoms with Crippen molar-refractivity contribution in [2.45, 2.75) is 18.5 Å². The first-order valence-electron chi connectivity index (χ1n) is 8.67. The second-order valence-electron chi connectivity index (χ2n) is 5.76. The molecule has 0 saturated heterocycles. The molecule has 0 spiro atoms. The molecule has 0 unspecified atom stereocenters. The van der Waals surface area contributed by atoms with Crippen molar-refractivity contribution in [3.05, 3.63) is 48.0 Å². The minimum atomic E-state index is -0.118. The normalized spacial score (nSPS) is 10.5. The first-order valence-corrected chi connectivity index (χ1v) is 9.66. The maximum absolute atomic E-state index is 12.4. The number of aryl methyl sites for hydroxylation is 1. The van der Waals surface area contributed by atoms with E-state index in [0.717, 1.165) is 17.7 Å². The van der Waals surface area contributed by atoms with E-state index in [4.69, 9.17) is 9.47 Å². The topological polar surface area (TPSA) is 91.2 Å². The number of methoxy groups -OCH3 is 2. The van der Waals surface area contributed by atoms with Crippen LogP contribution in [0.1, 0.15) is 12.5 Å². The zero-order chi connectivity index (χ0) is 19.9. The fourth-order valence-electron chi connectivity index (χ4n) is 2.65. The van der Waals surface area contributed by atoms with Crippen molar-refractivity contribution in [1.82, 2.24) is 20.2 Å². The lowest BCUT2D eigenvalue weighted by Gasteiger charge is -2.11. The number of nitrogens with one attached hydrogen (secondary N) is 1. The van der Waals surface area contributed by atoms with E-state index in [1.54, 1.807) is 31.0 Å². The van der Waals surface area contributed by atoms with Gasteiger partial charge in [-0.3, -0.25) is 4.79 Å². The van der Waals surface area contributed by atoms with Crippen molar-refractivity contribution in [1.29, 1.82) is 0 Å². The van der Waals surface area contributed by atoms with E-state index in [1.165, 1.54) is 11.8 Å². The fourth-order valence-corrected chi connectivity index (χ4v) is 3.35. The van der Waals surface area contributed by atoms with Crippen LogP contribution in [0.25, 0.3) is 5.69 Å². The Bertz CT molecular complexity index is 960. The van der Waals surface area contributed by atoms with Gasteiger partial charge in [0.2, 0.25) is 11.1 Å². The van der Waals surface area contributed by atoms with Gasteiger partial charge in [0, 0.05) is 11.8 Å². The number of tetrazole rings is 1. The van der Waals surface area contributed by atoms with Gasteiger partial charge < -0.3 is 14.8 Å². The summed E-state index contributed by atoms with van der Waals surface area (Å²) in [6.07, 6.45) is 0.848. The minimum Gasteiger partial charge on any atom is -0.493 e. The van der Waals surface area contributed by atoms with E-state index >= 15 is 0 Å². The molecule has 1 aromatic heterocycles. The van der Waals surface area contributed by atoms with Gasteiger partial charge in [-0.05, 0) is 40.6 Å². The molecule has 2 aromatic carbocycles. The number of ether oxygens (including phenoxy) is 2. The quantitative estimate of drug-likeness (QED) is 0.582. The SMILES string of the molecule is CCc1ccccc1NC(=O)CSc1nnnn1-c1ccc(OC)c(OC)c1. The number of thioether (sulfide) groups is 1. The molecular weight excluding hydrogens is 378 g/mol. The van der Waals surface area contributed by atoms with Gasteiger partial charge in [-0.2, -0.15) is 4.68 Å². The second-order valence-corrected chi connectivity index (χ2v) is 6.70. The lowest BCUT2D eigenvalue weighted by atomic mass is 10.1. The Balaban J connectivity index is 1.70. The van der Waals surface area contributed by atoms with Crippen LogP contribution in [-0.4, -0.2) is 46.1 Å². The largest absolute Gasteiger partial charge is 0.493 e. The number of para-hydroxylation sites is 1. The number of nitrogens with zero attached hydrogens (tertiary/aromatic N) is 4. The molecule has 1 amide bonds. The van der Waals surface area contributed by atoms with Crippen LogP contribution in [0, 0.1) is 0 Å². The van der Waals surface area contributed by atoms with Crippen molar-refractivity contribution in [3.8, 4) is 17.2 Å². The van der Waals surface area contributed by atoms with E-state index in [2.05, 4.69) is 27.8 Å². The third-order valence-corrected chi connectivity index (χ3v) is 4.98. The standard InChI is InChI=1S/C19H21N5O3S/c1-4-13-7-5-6-8-15(13)20-18(25)12-28-19-21-22-23-24(19)14-9-10-16(26-2)17(11-14)27-3/h5-11H,4,12H2,1-3H3,(H,20,25). The molecule has 3 aromatic rings. The lowest BCUT2D eigenvalue weighted by Crippen LogP contribution is -2.15. The van der Waals surface area contributed by atoms with Crippen LogP contribution in [0.3, 0.4) is 0 Å². The van der Waals surface area contributed by atoms with Gasteiger partial charge in [-0.1, -0.05) is 36.9 Å². The van der Waals surface area contributed by atoms with Gasteiger partial charge in [-0.25, -0.2) is 0 Å². The van der Waals surface area contributed by atoms with Gasteiger partial charge in [0.15, 0.2) is 11.5 Å². The number of hydrogen-bond acceptors (Lipinski definition) is 7. The molecule has 0 aliphatic heterocycles. The van der Waals surface area contributed by atoms with Crippen molar-refractivity contribution < 1.29 is 14.3 Å². The molecule has 0 saturated carbocycles. The Morgan fingerprint density at radius 2 is 1.93 bits per heavy atom. The second kappa shape index (κ2) is 9.23. The highest BCUT2D eigenvalue weighted by Gasteiger charge is 2.14. The highest BCUT2D eigenvalue weighted by atomic mass is 32.2. The number of hydrogen-bond donors (Lipinski definition) is 1. The van der Waals surface area contributed by atoms with Gasteiger partial charge in [0.05, 0.1) is 25.7 Å². The predicted octanol–water partition coefficient (Wildman–Crippen LogP) is 2.97. The van der Waals surface area contributed by atoms with Crippen molar-refractivity contribution in [3.63, 3.8) is 0 Å². The summed E-state index contributed by atoms with van der Waals surface area (Å²) in [4.78, 5) is 12.4. The first-order chi connectivity index (χ1) is 13.7. The average Bonchev–Trinajstić information content (AvgIpc) is 3.20. The third-order valence-electron chi connectivity index (χ3n) is 4.06. The molecule has 0 aliphatic rings. The highest BCUT2D eigenvalue weighted by molar-refractivity contribution is 7.99. The number of anilines is 1. The number of rotatable bonds is 8. The third kappa shape index (κ3) is 4.42. The minimum absolute atomic E-state index is 0.118. The zero-order valence-corrected chi connectivity index (χ0v) is 16.7. The number of carbonyl (C=O) groups excluding carboxylic acids is 1. The Labute approximate surface area is 167 Å². The molecule has 28 heavy (non-hydrogen) atoms. The molecule has 1 N–H and O–H groups in total. The van der Waals surface area contributed by atoms with E-state index in [-0.39, 0.29) is 11.7 Å². The maximum Gasteiger partial charge on any atom is 0.234 e. The maximum atomic E-state index is 12.4. The van der Waals surface area contributed by atoms with Crippen LogP contribution in [-0.2, 0) is 11.2 Å². The molecule has 9 heteroatoms. The summed E-state index contributed by atoms with van der Waals surface area (Å²) < 4.78 is 12.1. The lowest BCUT2D eigenvalue weighted by molar-refractivity contribution is -0.113. The van der Waals surface area contributed by atoms with Crippen LogP contribution in [0.5, 0.6) is 11.5 Å². The summed E-state index contributed by atoms with van der Waals surface area (Å²) in [6.45, 7) is 2.05. The summed E-state index contributed by atoms with van der Waals surface area (Å²) in [5.41, 5.74) is 2.63. The average molecular weight is 399 g/mol. The van der Waals surface area contributed by atoms with Crippen LogP contribution < -0.4 is 14.8 Å². The smallest absolute Gasteiger partial charge is 0.234 e.